The highest BCUT2D eigenvalue weighted by molar-refractivity contribution is 5.84. The van der Waals surface area contributed by atoms with Crippen LogP contribution in [0.1, 0.15) is 19.8 Å². The van der Waals surface area contributed by atoms with Crippen LogP contribution in [0.25, 0.3) is 0 Å². The summed E-state index contributed by atoms with van der Waals surface area (Å²) >= 11 is 0. The van der Waals surface area contributed by atoms with E-state index in [1.807, 2.05) is 0 Å². The number of hydrogen-bond acceptors (Lipinski definition) is 3. The van der Waals surface area contributed by atoms with Gasteiger partial charge in [-0.3, -0.25) is 4.79 Å². The minimum atomic E-state index is -1.53. The van der Waals surface area contributed by atoms with Crippen LogP contribution in [0.5, 0.6) is 0 Å². The largest absolute Gasteiger partial charge is 0.479 e. The summed E-state index contributed by atoms with van der Waals surface area (Å²) < 4.78 is 0. The maximum atomic E-state index is 10.5. The van der Waals surface area contributed by atoms with Crippen molar-refractivity contribution >= 4 is 11.8 Å². The van der Waals surface area contributed by atoms with E-state index in [0.29, 0.717) is 0 Å². The van der Waals surface area contributed by atoms with Crippen molar-refractivity contribution in [1.82, 2.24) is 0 Å². The van der Waals surface area contributed by atoms with Crippen LogP contribution in [0.15, 0.2) is 0 Å². The van der Waals surface area contributed by atoms with Crippen molar-refractivity contribution in [2.75, 3.05) is 0 Å². The molecule has 1 atom stereocenters. The summed E-state index contributed by atoms with van der Waals surface area (Å²) in [6.07, 6.45) is -1.55. The molecule has 0 radical (unpaired) electrons. The van der Waals surface area contributed by atoms with E-state index in [4.69, 9.17) is 10.2 Å². The van der Waals surface area contributed by atoms with Crippen molar-refractivity contribution in [3.63, 3.8) is 0 Å². The van der Waals surface area contributed by atoms with Gasteiger partial charge in [-0.25, -0.2) is 4.79 Å². The van der Waals surface area contributed by atoms with Gasteiger partial charge in [-0.15, -0.1) is 0 Å². The number of carboxylic acids is 1. The number of rotatable bonds is 4. The van der Waals surface area contributed by atoms with E-state index < -0.39 is 12.1 Å². The topological polar surface area (TPSA) is 74.6 Å². The second-order valence-corrected chi connectivity index (χ2v) is 1.95. The zero-order chi connectivity index (χ0) is 8.15. The molecule has 4 heteroatoms. The van der Waals surface area contributed by atoms with Crippen LogP contribution in [0.3, 0.4) is 0 Å². The summed E-state index contributed by atoms with van der Waals surface area (Å²) in [7, 11) is 0. The van der Waals surface area contributed by atoms with Gasteiger partial charge in [0.25, 0.3) is 0 Å². The van der Waals surface area contributed by atoms with Crippen LogP contribution in [-0.2, 0) is 9.59 Å². The molecule has 0 saturated heterocycles. The second kappa shape index (κ2) is 4.00. The lowest BCUT2D eigenvalue weighted by atomic mass is 10.1. The van der Waals surface area contributed by atoms with Gasteiger partial charge < -0.3 is 10.2 Å². The minimum Gasteiger partial charge on any atom is -0.479 e. The molecule has 10 heavy (non-hydrogen) atoms. The van der Waals surface area contributed by atoms with Crippen molar-refractivity contribution in [3.8, 4) is 0 Å². The number of aliphatic hydroxyl groups is 1. The van der Waals surface area contributed by atoms with Crippen molar-refractivity contribution in [2.45, 2.75) is 25.9 Å². The lowest BCUT2D eigenvalue weighted by Gasteiger charge is -2.00. The van der Waals surface area contributed by atoms with Crippen LogP contribution in [-0.4, -0.2) is 28.1 Å². The third-order valence-corrected chi connectivity index (χ3v) is 1.10. The van der Waals surface area contributed by atoms with Gasteiger partial charge in [0, 0.05) is 12.8 Å². The lowest BCUT2D eigenvalue weighted by molar-refractivity contribution is -0.148. The van der Waals surface area contributed by atoms with E-state index in [0.717, 1.165) is 0 Å². The van der Waals surface area contributed by atoms with Gasteiger partial charge in [0.05, 0.1) is 0 Å². The molecule has 58 valence electrons. The minimum absolute atomic E-state index is 0.241. The number of aliphatic hydroxyl groups excluding tert-OH is 1. The first-order valence-corrected chi connectivity index (χ1v) is 3.00. The van der Waals surface area contributed by atoms with Gasteiger partial charge in [0.2, 0.25) is 0 Å². The average Bonchev–Trinajstić information content (AvgIpc) is 1.87. The fourth-order valence-corrected chi connectivity index (χ4v) is 0.447. The van der Waals surface area contributed by atoms with E-state index >= 15 is 0 Å². The molecule has 4 nitrogen and oxygen atoms in total. The first-order chi connectivity index (χ1) is 4.57. The van der Waals surface area contributed by atoms with Crippen LogP contribution in [0.4, 0.5) is 0 Å². The molecule has 0 rings (SSSR count). The van der Waals surface area contributed by atoms with E-state index in [2.05, 4.69) is 0 Å². The van der Waals surface area contributed by atoms with Crippen molar-refractivity contribution in [2.24, 2.45) is 0 Å². The number of carbonyl (C=O) groups excluding carboxylic acids is 1. The summed E-state index contributed by atoms with van der Waals surface area (Å²) in [6, 6.07) is 0. The maximum absolute atomic E-state index is 10.5. The predicted octanol–water partition coefficient (Wildman–Crippen LogP) is -0.199. The summed E-state index contributed by atoms with van der Waals surface area (Å²) in [5.74, 6) is -1.59. The van der Waals surface area contributed by atoms with Gasteiger partial charge in [0.1, 0.15) is 5.78 Å². The third-order valence-electron chi connectivity index (χ3n) is 1.10. The van der Waals surface area contributed by atoms with Crippen molar-refractivity contribution in [3.05, 3.63) is 0 Å². The quantitative estimate of drug-likeness (QED) is 0.576. The maximum Gasteiger partial charge on any atom is 0.332 e. The zero-order valence-electron chi connectivity index (χ0n) is 5.70. The molecule has 0 fully saturated rings. The molecular weight excluding hydrogens is 136 g/mol. The SMILES string of the molecule is CCC(=O)CC(O)C(=O)O. The van der Waals surface area contributed by atoms with Crippen LogP contribution in [0, 0.1) is 0 Å². The van der Waals surface area contributed by atoms with E-state index in [-0.39, 0.29) is 18.6 Å². The smallest absolute Gasteiger partial charge is 0.332 e. The normalized spacial score (nSPS) is 12.6. The number of carboxylic acid groups (broad SMARTS) is 1. The number of ketones is 1. The van der Waals surface area contributed by atoms with Gasteiger partial charge in [-0.1, -0.05) is 6.92 Å². The fourth-order valence-electron chi connectivity index (χ4n) is 0.447. The summed E-state index contributed by atoms with van der Waals surface area (Å²) in [5.41, 5.74) is 0. The van der Waals surface area contributed by atoms with Gasteiger partial charge in [-0.05, 0) is 0 Å². The standard InChI is InChI=1S/C6H10O4/c1-2-4(7)3-5(8)6(9)10/h5,8H,2-3H2,1H3,(H,9,10). The monoisotopic (exact) mass is 146 g/mol. The number of Topliss-reactive ketones (excluding diaryl/α,β-unsaturated/α-hetero) is 1. The Morgan fingerprint density at radius 1 is 1.50 bits per heavy atom. The third kappa shape index (κ3) is 3.19. The van der Waals surface area contributed by atoms with Gasteiger partial charge in [0.15, 0.2) is 6.10 Å². The first-order valence-electron chi connectivity index (χ1n) is 3.00. The summed E-state index contributed by atoms with van der Waals surface area (Å²) in [6.45, 7) is 1.62. The first kappa shape index (κ1) is 9.10. The molecule has 0 bridgehead atoms. The Bertz CT molecular complexity index is 141. The van der Waals surface area contributed by atoms with Gasteiger partial charge in [-0.2, -0.15) is 0 Å². The molecule has 0 aromatic heterocycles. The molecule has 0 aromatic carbocycles. The Balaban J connectivity index is 3.68. The van der Waals surface area contributed by atoms with E-state index in [1.165, 1.54) is 0 Å². The molecule has 0 spiro atoms. The molecule has 0 heterocycles. The zero-order valence-corrected chi connectivity index (χ0v) is 5.70. The second-order valence-electron chi connectivity index (χ2n) is 1.95. The Morgan fingerprint density at radius 3 is 2.30 bits per heavy atom. The lowest BCUT2D eigenvalue weighted by Crippen LogP contribution is -2.22. The predicted molar refractivity (Wildman–Crippen MR) is 33.6 cm³/mol. The highest BCUT2D eigenvalue weighted by Crippen LogP contribution is 1.95. The fraction of sp³-hybridized carbons (Fsp3) is 0.667. The van der Waals surface area contributed by atoms with Crippen LogP contribution in [0.2, 0.25) is 0 Å². The average molecular weight is 146 g/mol. The van der Waals surface area contributed by atoms with Gasteiger partial charge >= 0.3 is 5.97 Å². The molecule has 2 N–H and O–H groups in total. The Morgan fingerprint density at radius 2 is 2.00 bits per heavy atom. The Kier molecular flexibility index (Phi) is 3.64. The molecule has 0 aromatic rings. The molecule has 0 amide bonds. The highest BCUT2D eigenvalue weighted by atomic mass is 16.4. The van der Waals surface area contributed by atoms with Crippen molar-refractivity contribution < 1.29 is 19.8 Å². The number of carbonyl (C=O) groups is 2. The highest BCUT2D eigenvalue weighted by Gasteiger charge is 2.15. The molecule has 0 aliphatic carbocycles. The molecule has 0 aliphatic rings. The van der Waals surface area contributed by atoms with E-state index in [1.54, 1.807) is 6.92 Å². The van der Waals surface area contributed by atoms with Crippen LogP contribution >= 0.6 is 0 Å². The summed E-state index contributed by atoms with van der Waals surface area (Å²) in [5, 5.41) is 16.7. The Hall–Kier alpha value is -0.900. The molecular formula is C6H10O4. The molecule has 1 unspecified atom stereocenters. The number of hydrogen-bond donors (Lipinski definition) is 2. The van der Waals surface area contributed by atoms with Crippen LogP contribution < -0.4 is 0 Å². The molecule has 0 saturated carbocycles. The Labute approximate surface area is 58.5 Å². The van der Waals surface area contributed by atoms with E-state index in [9.17, 15) is 9.59 Å². The summed E-state index contributed by atoms with van der Waals surface area (Å²) in [4.78, 5) is 20.5. The molecule has 0 aliphatic heterocycles. The number of aliphatic carboxylic acids is 1. The van der Waals surface area contributed by atoms with Crippen molar-refractivity contribution in [1.29, 1.82) is 0 Å².